The standard InChI is InChI=1S/C26H29N3O7/c1-28(2)16-9-13(11-29-5-3-4-6-29)21(31)19-15(16)8-12-7-14-10-17(30)20(25(27)35)24(34)26(14,36)23(33)18(12)22(19)32/h3-4,9,12,14,30-31,33,36H,5-8,10-11H2,1-2H3,(H2,27,35)/t12-,14+,26+/m1/s1. The van der Waals surface area contributed by atoms with Crippen molar-refractivity contribution >= 4 is 23.2 Å². The number of aliphatic hydroxyl groups excluding tert-OH is 2. The number of amides is 1. The molecular formula is C26H29N3O7. The van der Waals surface area contributed by atoms with Gasteiger partial charge in [0.2, 0.25) is 5.78 Å². The lowest BCUT2D eigenvalue weighted by molar-refractivity contribution is -0.144. The largest absolute Gasteiger partial charge is 0.511 e. The summed E-state index contributed by atoms with van der Waals surface area (Å²) in [5, 5.41) is 44.1. The van der Waals surface area contributed by atoms with Gasteiger partial charge in [-0.25, -0.2) is 0 Å². The van der Waals surface area contributed by atoms with Crippen molar-refractivity contribution in [1.82, 2.24) is 4.90 Å². The van der Waals surface area contributed by atoms with E-state index in [-0.39, 0.29) is 36.1 Å². The van der Waals surface area contributed by atoms with Crippen LogP contribution in [-0.2, 0) is 22.6 Å². The Morgan fingerprint density at radius 1 is 1.17 bits per heavy atom. The van der Waals surface area contributed by atoms with Crippen molar-refractivity contribution in [1.29, 1.82) is 0 Å². The van der Waals surface area contributed by atoms with Crippen LogP contribution in [0.25, 0.3) is 0 Å². The number of hydrogen-bond donors (Lipinski definition) is 5. The maximum atomic E-state index is 13.9. The number of aromatic hydroxyl groups is 1. The lowest BCUT2D eigenvalue weighted by Gasteiger charge is -2.46. The summed E-state index contributed by atoms with van der Waals surface area (Å²) in [6, 6.07) is 1.87. The maximum Gasteiger partial charge on any atom is 0.255 e. The topological polar surface area (TPSA) is 165 Å². The van der Waals surface area contributed by atoms with E-state index in [9.17, 15) is 34.8 Å². The van der Waals surface area contributed by atoms with Crippen molar-refractivity contribution in [2.75, 3.05) is 32.1 Å². The number of nitrogens with two attached hydrogens (primary N) is 1. The Bertz CT molecular complexity index is 1300. The fourth-order valence-electron chi connectivity index (χ4n) is 6.13. The molecule has 1 aliphatic heterocycles. The predicted octanol–water partition coefficient (Wildman–Crippen LogP) is 1.02. The minimum absolute atomic E-state index is 0.0416. The van der Waals surface area contributed by atoms with Gasteiger partial charge in [-0.05, 0) is 30.4 Å². The number of rotatable bonds is 4. The van der Waals surface area contributed by atoms with E-state index in [2.05, 4.69) is 4.90 Å². The average molecular weight is 496 g/mol. The van der Waals surface area contributed by atoms with E-state index >= 15 is 0 Å². The Morgan fingerprint density at radius 3 is 2.44 bits per heavy atom. The molecule has 10 heteroatoms. The van der Waals surface area contributed by atoms with E-state index in [0.717, 1.165) is 18.8 Å². The number of Topliss-reactive ketones (excluding diaryl/α,β-unsaturated/α-hetero) is 2. The van der Waals surface area contributed by atoms with Gasteiger partial charge in [0.15, 0.2) is 11.4 Å². The van der Waals surface area contributed by atoms with Crippen LogP contribution in [-0.4, -0.2) is 75.6 Å². The molecule has 6 N–H and O–H groups in total. The summed E-state index contributed by atoms with van der Waals surface area (Å²) in [6.07, 6.45) is 4.18. The normalized spacial score (nSPS) is 27.8. The van der Waals surface area contributed by atoms with Gasteiger partial charge in [0, 0.05) is 62.9 Å². The lowest BCUT2D eigenvalue weighted by Crippen LogP contribution is -2.57. The summed E-state index contributed by atoms with van der Waals surface area (Å²) in [5.41, 5.74) is 3.73. The molecule has 0 aromatic heterocycles. The Morgan fingerprint density at radius 2 is 1.83 bits per heavy atom. The van der Waals surface area contributed by atoms with Gasteiger partial charge in [0.05, 0.1) is 5.56 Å². The zero-order chi connectivity index (χ0) is 26.1. The number of ketones is 2. The molecule has 36 heavy (non-hydrogen) atoms. The highest BCUT2D eigenvalue weighted by molar-refractivity contribution is 6.24. The molecule has 3 aliphatic carbocycles. The number of anilines is 1. The minimum atomic E-state index is -2.56. The minimum Gasteiger partial charge on any atom is -0.511 e. The first-order valence-electron chi connectivity index (χ1n) is 11.9. The first-order valence-corrected chi connectivity index (χ1v) is 11.9. The number of hydrogen-bond acceptors (Lipinski definition) is 9. The molecule has 3 atom stereocenters. The number of phenolic OH excluding ortho intramolecular Hbond substituents is 1. The van der Waals surface area contributed by atoms with Gasteiger partial charge in [0.25, 0.3) is 5.91 Å². The van der Waals surface area contributed by atoms with Crippen LogP contribution in [0.3, 0.4) is 0 Å². The van der Waals surface area contributed by atoms with E-state index in [0.29, 0.717) is 17.7 Å². The van der Waals surface area contributed by atoms with Crippen LogP contribution in [0.5, 0.6) is 5.75 Å². The third kappa shape index (κ3) is 3.28. The fraction of sp³-hybridized carbons (Fsp3) is 0.423. The molecule has 1 amide bonds. The molecule has 1 heterocycles. The van der Waals surface area contributed by atoms with Crippen molar-refractivity contribution in [2.45, 2.75) is 31.4 Å². The molecule has 1 aromatic carbocycles. The van der Waals surface area contributed by atoms with Gasteiger partial charge in [-0.3, -0.25) is 19.3 Å². The molecule has 1 aromatic rings. The summed E-state index contributed by atoms with van der Waals surface area (Å²) < 4.78 is 0. The van der Waals surface area contributed by atoms with Crippen LogP contribution in [0.4, 0.5) is 5.69 Å². The number of carbonyl (C=O) groups excluding carboxylic acids is 3. The molecule has 0 radical (unpaired) electrons. The average Bonchev–Trinajstić information content (AvgIpc) is 3.30. The zero-order valence-electron chi connectivity index (χ0n) is 20.1. The van der Waals surface area contributed by atoms with Gasteiger partial charge in [-0.15, -0.1) is 0 Å². The second-order valence-corrected chi connectivity index (χ2v) is 10.2. The molecule has 0 saturated heterocycles. The molecule has 5 rings (SSSR count). The summed E-state index contributed by atoms with van der Waals surface area (Å²) >= 11 is 0. The molecule has 4 aliphatic rings. The number of carbonyl (C=O) groups is 3. The van der Waals surface area contributed by atoms with Gasteiger partial charge in [-0.1, -0.05) is 12.2 Å². The Kier molecular flexibility index (Phi) is 5.49. The van der Waals surface area contributed by atoms with Crippen LogP contribution in [0.2, 0.25) is 0 Å². The Labute approximate surface area is 207 Å². The van der Waals surface area contributed by atoms with Gasteiger partial charge < -0.3 is 31.1 Å². The quantitative estimate of drug-likeness (QED) is 0.303. The van der Waals surface area contributed by atoms with Crippen LogP contribution >= 0.6 is 0 Å². The smallest absolute Gasteiger partial charge is 0.255 e. The number of primary amides is 1. The number of fused-ring (bicyclic) bond motifs is 3. The Hall–Kier alpha value is -3.63. The first-order chi connectivity index (χ1) is 17.0. The second kappa shape index (κ2) is 8.21. The van der Waals surface area contributed by atoms with Crippen LogP contribution in [0.15, 0.2) is 40.9 Å². The van der Waals surface area contributed by atoms with Gasteiger partial charge in [-0.2, -0.15) is 0 Å². The van der Waals surface area contributed by atoms with Crippen LogP contribution < -0.4 is 10.6 Å². The van der Waals surface area contributed by atoms with Crippen molar-refractivity contribution in [3.63, 3.8) is 0 Å². The zero-order valence-corrected chi connectivity index (χ0v) is 20.1. The SMILES string of the molecule is CN(C)c1cc(CN2CC=CC2)c(O)c2c1C[C@H]1C[C@H]3CC(O)=C(C(N)=O)C(=O)[C@@]3(O)C(O)=C1C2=O. The second-order valence-electron chi connectivity index (χ2n) is 10.2. The molecule has 0 spiro atoms. The fourth-order valence-corrected chi connectivity index (χ4v) is 6.13. The third-order valence-electron chi connectivity index (χ3n) is 7.89. The van der Waals surface area contributed by atoms with Crippen LogP contribution in [0, 0.1) is 11.8 Å². The lowest BCUT2D eigenvalue weighted by atomic mass is 9.60. The Balaban J connectivity index is 1.65. The predicted molar refractivity (Wildman–Crippen MR) is 130 cm³/mol. The highest BCUT2D eigenvalue weighted by Crippen LogP contribution is 2.52. The highest BCUT2D eigenvalue weighted by Gasteiger charge is 2.59. The molecule has 0 fully saturated rings. The first kappa shape index (κ1) is 24.1. The molecule has 0 saturated carbocycles. The van der Waals surface area contributed by atoms with Crippen molar-refractivity contribution in [3.05, 3.63) is 57.6 Å². The number of nitrogens with zero attached hydrogens (tertiary/aromatic N) is 2. The summed E-state index contributed by atoms with van der Waals surface area (Å²) in [5.74, 6) is -6.18. The monoisotopic (exact) mass is 495 g/mol. The summed E-state index contributed by atoms with van der Waals surface area (Å²) in [6.45, 7) is 1.84. The van der Waals surface area contributed by atoms with Crippen molar-refractivity contribution in [2.24, 2.45) is 17.6 Å². The highest BCUT2D eigenvalue weighted by atomic mass is 16.3. The van der Waals surface area contributed by atoms with Gasteiger partial charge in [0.1, 0.15) is 22.8 Å². The van der Waals surface area contributed by atoms with E-state index < -0.39 is 52.0 Å². The number of allylic oxidation sites excluding steroid dienone is 2. The van der Waals surface area contributed by atoms with E-state index in [1.54, 1.807) is 0 Å². The maximum absolute atomic E-state index is 13.9. The third-order valence-corrected chi connectivity index (χ3v) is 7.89. The van der Waals surface area contributed by atoms with E-state index in [1.807, 2.05) is 37.2 Å². The molecule has 0 bridgehead atoms. The van der Waals surface area contributed by atoms with Crippen LogP contribution in [0.1, 0.15) is 34.3 Å². The van der Waals surface area contributed by atoms with E-state index in [1.165, 1.54) is 0 Å². The number of benzene rings is 1. The number of phenols is 1. The summed E-state index contributed by atoms with van der Waals surface area (Å²) in [7, 11) is 3.68. The van der Waals surface area contributed by atoms with E-state index in [4.69, 9.17) is 5.73 Å². The molecule has 0 unspecified atom stereocenters. The molecular weight excluding hydrogens is 466 g/mol. The van der Waals surface area contributed by atoms with Crippen molar-refractivity contribution in [3.8, 4) is 5.75 Å². The molecule has 190 valence electrons. The van der Waals surface area contributed by atoms with Crippen molar-refractivity contribution < 1.29 is 34.8 Å². The number of aliphatic hydroxyl groups is 3. The molecule has 10 nitrogen and oxygen atoms in total. The van der Waals surface area contributed by atoms with Gasteiger partial charge >= 0.3 is 0 Å². The summed E-state index contributed by atoms with van der Waals surface area (Å²) in [4.78, 5) is 42.7.